The fraction of sp³-hybridized carbons (Fsp3) is 0. The van der Waals surface area contributed by atoms with Crippen LogP contribution in [0.4, 0.5) is 33.6 Å². The summed E-state index contributed by atoms with van der Waals surface area (Å²) in [4.78, 5) is 0. The van der Waals surface area contributed by atoms with Gasteiger partial charge in [0.15, 0.2) is 0 Å². The number of hydrogen-bond donors (Lipinski definition) is 0. The van der Waals surface area contributed by atoms with Gasteiger partial charge in [0.1, 0.15) is 0 Å². The lowest BCUT2D eigenvalue weighted by atomic mass is 13.8. The zero-order valence-electron chi connectivity index (χ0n) is 6.60. The standard InChI is InChI=1S/F8N4P4/c1-13(2)9-14(3,4)11-16(7,8)12-15(5,6)10-13. The molecule has 96 valence electrons. The van der Waals surface area contributed by atoms with Crippen LogP contribution in [0.3, 0.4) is 0 Å². The van der Waals surface area contributed by atoms with Crippen molar-refractivity contribution in [2.24, 2.45) is 18.1 Å². The van der Waals surface area contributed by atoms with Crippen molar-refractivity contribution in [3.05, 3.63) is 0 Å². The number of nitrogens with zero attached hydrogens (tertiary/aromatic N) is 4. The molecule has 16 heteroatoms. The fourth-order valence-electron chi connectivity index (χ4n) is 0.589. The highest BCUT2D eigenvalue weighted by Gasteiger charge is 2.39. The van der Waals surface area contributed by atoms with E-state index in [2.05, 4.69) is 0 Å². The van der Waals surface area contributed by atoms with Gasteiger partial charge in [0, 0.05) is 0 Å². The summed E-state index contributed by atoms with van der Waals surface area (Å²) < 4.78 is 105. The van der Waals surface area contributed by atoms with E-state index in [4.69, 9.17) is 0 Å². The summed E-state index contributed by atoms with van der Waals surface area (Å²) in [5, 5.41) is 0. The van der Waals surface area contributed by atoms with Crippen LogP contribution in [-0.4, -0.2) is 0 Å². The molecule has 0 saturated heterocycles. The van der Waals surface area contributed by atoms with E-state index in [0.29, 0.717) is 0 Å². The van der Waals surface area contributed by atoms with Gasteiger partial charge in [-0.25, -0.2) is 0 Å². The minimum atomic E-state index is -6.36. The second-order valence-corrected chi connectivity index (χ2v) is 8.69. The lowest BCUT2D eigenvalue weighted by Gasteiger charge is -2.09. The van der Waals surface area contributed by atoms with E-state index in [1.165, 1.54) is 18.1 Å². The average Bonchev–Trinajstić information content (AvgIpc) is 1.67. The Morgan fingerprint density at radius 3 is 0.625 bits per heavy atom. The van der Waals surface area contributed by atoms with Crippen molar-refractivity contribution in [2.45, 2.75) is 0 Å². The van der Waals surface area contributed by atoms with E-state index in [-0.39, 0.29) is 0 Å². The van der Waals surface area contributed by atoms with Crippen LogP contribution in [0.15, 0.2) is 18.1 Å². The van der Waals surface area contributed by atoms with Crippen molar-refractivity contribution >= 4 is 31.3 Å². The molecule has 0 saturated carbocycles. The molecule has 0 fully saturated rings. The molecular weight excluding hydrogens is 332 g/mol. The van der Waals surface area contributed by atoms with Gasteiger partial charge >= 0.3 is 31.3 Å². The highest BCUT2D eigenvalue weighted by atomic mass is 31.3. The molecule has 0 aromatic heterocycles. The maximum Gasteiger partial charge on any atom is 0.425 e. The molecule has 0 unspecified atom stereocenters. The third kappa shape index (κ3) is 4.32. The summed E-state index contributed by atoms with van der Waals surface area (Å²) in [7, 11) is -25.4. The molecule has 0 radical (unpaired) electrons. The Bertz CT molecular complexity index is 386. The molecule has 0 aromatic carbocycles. The Morgan fingerprint density at radius 1 is 0.375 bits per heavy atom. The summed E-state index contributed by atoms with van der Waals surface area (Å²) in [6.45, 7) is 0. The van der Waals surface area contributed by atoms with Gasteiger partial charge < -0.3 is 0 Å². The van der Waals surface area contributed by atoms with Crippen molar-refractivity contribution in [3.8, 4) is 0 Å². The van der Waals surface area contributed by atoms with Gasteiger partial charge in [-0.1, -0.05) is 0 Å². The predicted octanol–water partition coefficient (Wildman–Crippen LogP) is 7.54. The summed E-state index contributed by atoms with van der Waals surface area (Å²) in [5.74, 6) is 0. The van der Waals surface area contributed by atoms with Crippen molar-refractivity contribution < 1.29 is 33.6 Å². The molecule has 1 rings (SSSR count). The summed E-state index contributed by atoms with van der Waals surface area (Å²) in [5.41, 5.74) is 0. The first-order valence-electron chi connectivity index (χ1n) is 2.95. The normalized spacial score (nSPS) is 29.5. The highest BCUT2D eigenvalue weighted by molar-refractivity contribution is 7.77. The topological polar surface area (TPSA) is 49.4 Å². The lowest BCUT2D eigenvalue weighted by Crippen LogP contribution is -1.67. The third-order valence-corrected chi connectivity index (χ3v) is 7.75. The van der Waals surface area contributed by atoms with Crippen LogP contribution >= 0.6 is 31.3 Å². The molecule has 1 heterocycles. The molecule has 1 aliphatic rings. The Balaban J connectivity index is 3.67. The van der Waals surface area contributed by atoms with Crippen LogP contribution in [0.1, 0.15) is 0 Å². The summed E-state index contributed by atoms with van der Waals surface area (Å²) >= 11 is 0. The van der Waals surface area contributed by atoms with E-state index in [1.54, 1.807) is 0 Å². The van der Waals surface area contributed by atoms with Crippen LogP contribution in [0, 0.1) is 0 Å². The third-order valence-electron chi connectivity index (χ3n) is 0.861. The zero-order chi connectivity index (χ0) is 12.8. The van der Waals surface area contributed by atoms with Crippen LogP contribution in [0.5, 0.6) is 0 Å². The maximum absolute atomic E-state index is 12.4. The second-order valence-electron chi connectivity index (χ2n) is 2.18. The summed E-state index contributed by atoms with van der Waals surface area (Å²) in [6, 6.07) is 0. The Labute approximate surface area is 83.9 Å². The van der Waals surface area contributed by atoms with E-state index >= 15 is 0 Å². The molecule has 0 aliphatic carbocycles. The van der Waals surface area contributed by atoms with Crippen LogP contribution in [0.2, 0.25) is 0 Å². The number of hydrogen-bond acceptors (Lipinski definition) is 4. The monoisotopic (exact) mass is 332 g/mol. The van der Waals surface area contributed by atoms with Gasteiger partial charge in [-0.15, -0.1) is 51.6 Å². The second kappa shape index (κ2) is 3.94. The fourth-order valence-corrected chi connectivity index (χ4v) is 6.59. The molecular formula is F8N4P4. The molecule has 16 heavy (non-hydrogen) atoms. The van der Waals surface area contributed by atoms with Gasteiger partial charge in [0.05, 0.1) is 0 Å². The minimum absolute atomic E-state index is 1.35. The number of rotatable bonds is 0. The molecule has 0 bridgehead atoms. The first-order valence-corrected chi connectivity index (χ1v) is 8.86. The maximum atomic E-state index is 12.4. The van der Waals surface area contributed by atoms with Crippen molar-refractivity contribution in [3.63, 3.8) is 0 Å². The Kier molecular flexibility index (Phi) is 3.55. The van der Waals surface area contributed by atoms with E-state index < -0.39 is 31.3 Å². The highest BCUT2D eigenvalue weighted by Crippen LogP contribution is 2.82. The molecule has 0 atom stereocenters. The summed E-state index contributed by atoms with van der Waals surface area (Å²) in [6.07, 6.45) is 0. The SMILES string of the molecule is FP1(F)=NP(F)(F)=NP(F)(F)=NP(F)(F)=N1. The Hall–Kier alpha value is 0.360. The van der Waals surface area contributed by atoms with E-state index in [9.17, 15) is 33.6 Å². The minimum Gasteiger partial charge on any atom is -0.149 e. The molecule has 0 N–H and O–H groups in total. The van der Waals surface area contributed by atoms with Crippen molar-refractivity contribution in [1.29, 1.82) is 0 Å². The zero-order valence-corrected chi connectivity index (χ0v) is 10.2. The predicted molar refractivity (Wildman–Crippen MR) is 46.3 cm³/mol. The van der Waals surface area contributed by atoms with E-state index in [0.717, 1.165) is 0 Å². The first kappa shape index (κ1) is 14.4. The van der Waals surface area contributed by atoms with Gasteiger partial charge in [-0.3, -0.25) is 0 Å². The molecule has 0 aromatic rings. The van der Waals surface area contributed by atoms with Gasteiger partial charge in [-0.05, 0) is 0 Å². The van der Waals surface area contributed by atoms with Crippen molar-refractivity contribution in [2.75, 3.05) is 0 Å². The Morgan fingerprint density at radius 2 is 0.500 bits per heavy atom. The molecule has 0 spiro atoms. The largest absolute Gasteiger partial charge is 0.425 e. The molecule has 0 amide bonds. The quantitative estimate of drug-likeness (QED) is 0.325. The lowest BCUT2D eigenvalue weighted by molar-refractivity contribution is 0.679. The molecule has 4 nitrogen and oxygen atoms in total. The molecule has 1 aliphatic heterocycles. The van der Waals surface area contributed by atoms with Gasteiger partial charge in [0.2, 0.25) is 0 Å². The van der Waals surface area contributed by atoms with Gasteiger partial charge in [0.25, 0.3) is 0 Å². The average molecular weight is 332 g/mol. The van der Waals surface area contributed by atoms with Crippen LogP contribution in [-0.2, 0) is 0 Å². The van der Waals surface area contributed by atoms with Crippen LogP contribution < -0.4 is 0 Å². The smallest absolute Gasteiger partial charge is 0.149 e. The van der Waals surface area contributed by atoms with Crippen molar-refractivity contribution in [1.82, 2.24) is 0 Å². The number of halogens is 8. The van der Waals surface area contributed by atoms with Crippen LogP contribution in [0.25, 0.3) is 0 Å². The van der Waals surface area contributed by atoms with E-state index in [1.807, 2.05) is 0 Å². The first-order chi connectivity index (χ1) is 6.83. The van der Waals surface area contributed by atoms with Gasteiger partial charge in [-0.2, -0.15) is 0 Å².